The van der Waals surface area contributed by atoms with Crippen molar-refractivity contribution in [3.05, 3.63) is 307 Å². The van der Waals surface area contributed by atoms with Gasteiger partial charge in [-0.05, 0) is 156 Å². The zero-order chi connectivity index (χ0) is 54.4. The number of benzene rings is 9. The van der Waals surface area contributed by atoms with Crippen LogP contribution in [0, 0.1) is 24.0 Å². The number of allylic oxidation sites excluding steroid dienone is 6. The van der Waals surface area contributed by atoms with Crippen molar-refractivity contribution < 1.29 is 0 Å². The van der Waals surface area contributed by atoms with E-state index < -0.39 is 10.0 Å². The summed E-state index contributed by atoms with van der Waals surface area (Å²) in [7, 11) is -2.19. The van der Waals surface area contributed by atoms with Crippen LogP contribution in [0.25, 0.3) is 95.4 Å². The van der Waals surface area contributed by atoms with Crippen LogP contribution in [0.5, 0.6) is 0 Å². The topological polar surface area (TPSA) is 9.86 Å². The van der Waals surface area contributed by atoms with Crippen molar-refractivity contribution >= 4 is 49.6 Å². The first-order valence-corrected chi connectivity index (χ1v) is 30.2. The van der Waals surface area contributed by atoms with Gasteiger partial charge in [-0.3, -0.25) is 0 Å². The molecule has 0 aliphatic heterocycles. The van der Waals surface area contributed by atoms with Gasteiger partial charge in [-0.2, -0.15) is 0 Å². The smallest absolute Gasteiger partial charge is 0.105 e. The molecule has 388 valence electrons. The van der Waals surface area contributed by atoms with E-state index in [4.69, 9.17) is 0 Å². The van der Waals surface area contributed by atoms with E-state index in [1.165, 1.54) is 91.8 Å². The second-order valence-electron chi connectivity index (χ2n) is 21.4. The lowest BCUT2D eigenvalue weighted by Gasteiger charge is -2.43. The van der Waals surface area contributed by atoms with Crippen molar-refractivity contribution in [1.82, 2.24) is 9.13 Å². The van der Waals surface area contributed by atoms with Crippen molar-refractivity contribution in [3.8, 4) is 67.7 Å². The Morgan fingerprint density at radius 2 is 1.05 bits per heavy atom. The van der Waals surface area contributed by atoms with Gasteiger partial charge in [-0.1, -0.05) is 206 Å². The first kappa shape index (κ1) is 49.0. The summed E-state index contributed by atoms with van der Waals surface area (Å²) in [6.45, 7) is 0. The van der Waals surface area contributed by atoms with Crippen LogP contribution in [-0.4, -0.2) is 9.13 Å². The maximum Gasteiger partial charge on any atom is 0.105 e. The average molecular weight is 1070 g/mol. The van der Waals surface area contributed by atoms with Gasteiger partial charge >= 0.3 is 0 Å². The van der Waals surface area contributed by atoms with Gasteiger partial charge in [0, 0.05) is 75.8 Å². The molecule has 15 rings (SSSR count). The Morgan fingerprint density at radius 1 is 0.427 bits per heavy atom. The number of aromatic nitrogens is 2. The van der Waals surface area contributed by atoms with Gasteiger partial charge in [0.25, 0.3) is 0 Å². The summed E-state index contributed by atoms with van der Waals surface area (Å²) >= 11 is 0. The SMILES string of the molecule is C1#Cc2c(c3cc(-c4ccc5c(c4)c4c(n5-c5c(-c6c#cccc6)cc(S(c6ccccc6)(c6ccccc6)c6cccc(-c7ccccc7)c6)cc5-c5ccccc5)CCC=C4)ccc3n2-c2ccccc2C2=CC=CCC2)C=CC1. The Labute approximate surface area is 482 Å². The van der Waals surface area contributed by atoms with Gasteiger partial charge in [0.05, 0.1) is 22.4 Å². The quantitative estimate of drug-likeness (QED) is 0.114. The first-order valence-electron chi connectivity index (χ1n) is 28.6. The van der Waals surface area contributed by atoms with Crippen LogP contribution in [0.3, 0.4) is 0 Å². The highest BCUT2D eigenvalue weighted by molar-refractivity contribution is 8.34. The molecule has 0 N–H and O–H groups in total. The van der Waals surface area contributed by atoms with Gasteiger partial charge in [-0.25, -0.2) is 0 Å². The molecule has 3 heteroatoms. The Morgan fingerprint density at radius 3 is 1.77 bits per heavy atom. The van der Waals surface area contributed by atoms with Gasteiger partial charge in [-0.15, -0.1) is 10.0 Å². The van der Waals surface area contributed by atoms with Crippen molar-refractivity contribution in [1.29, 1.82) is 0 Å². The predicted molar refractivity (Wildman–Crippen MR) is 344 cm³/mol. The fraction of sp³-hybridized carbons (Fsp3) is 0.0633. The number of hydrogen-bond donors (Lipinski definition) is 0. The molecule has 12 aromatic rings. The van der Waals surface area contributed by atoms with Gasteiger partial charge in [0.15, 0.2) is 0 Å². The molecule has 0 spiro atoms. The monoisotopic (exact) mass is 1060 g/mol. The number of rotatable bonds is 11. The minimum Gasteiger partial charge on any atom is -0.312 e. The molecule has 10 aromatic carbocycles. The van der Waals surface area contributed by atoms with E-state index in [2.05, 4.69) is 306 Å². The highest BCUT2D eigenvalue weighted by atomic mass is 32.3. The summed E-state index contributed by atoms with van der Waals surface area (Å²) in [5, 5.41) is 2.44. The molecule has 82 heavy (non-hydrogen) atoms. The lowest BCUT2D eigenvalue weighted by Crippen LogP contribution is -2.10. The molecule has 2 heterocycles. The van der Waals surface area contributed by atoms with Crippen LogP contribution in [0.4, 0.5) is 0 Å². The van der Waals surface area contributed by atoms with Crippen LogP contribution in [0.15, 0.2) is 287 Å². The maximum atomic E-state index is 3.66. The number of hydrogen-bond acceptors (Lipinski definition) is 0. The Bertz CT molecular complexity index is 4520. The van der Waals surface area contributed by atoms with E-state index >= 15 is 0 Å². The first-order chi connectivity index (χ1) is 40.7. The fourth-order valence-corrected chi connectivity index (χ4v) is 16.9. The Hall–Kier alpha value is -10.0. The van der Waals surface area contributed by atoms with E-state index in [1.807, 2.05) is 6.07 Å². The second-order valence-corrected chi connectivity index (χ2v) is 24.5. The molecule has 0 saturated heterocycles. The summed E-state index contributed by atoms with van der Waals surface area (Å²) in [6.07, 6.45) is 20.6. The molecule has 0 unspecified atom stereocenters. The summed E-state index contributed by atoms with van der Waals surface area (Å²) in [5.74, 6) is 7.09. The molecule has 0 radical (unpaired) electrons. The molecule has 3 aliphatic carbocycles. The zero-order valence-corrected chi connectivity index (χ0v) is 46.2. The third-order valence-electron chi connectivity index (χ3n) is 16.7. The third kappa shape index (κ3) is 8.32. The minimum absolute atomic E-state index is 0.724. The molecule has 2 aromatic heterocycles. The van der Waals surface area contributed by atoms with Gasteiger partial charge in [0.2, 0.25) is 0 Å². The van der Waals surface area contributed by atoms with E-state index in [-0.39, 0.29) is 0 Å². The summed E-state index contributed by atoms with van der Waals surface area (Å²) < 4.78 is 5.03. The predicted octanol–water partition coefficient (Wildman–Crippen LogP) is 20.6. The number of fused-ring (bicyclic) bond motifs is 6. The van der Waals surface area contributed by atoms with Crippen LogP contribution in [0.2, 0.25) is 0 Å². The maximum absolute atomic E-state index is 3.66. The molecule has 0 bridgehead atoms. The van der Waals surface area contributed by atoms with Crippen molar-refractivity contribution in [3.63, 3.8) is 0 Å². The third-order valence-corrected chi connectivity index (χ3v) is 20.5. The Kier molecular flexibility index (Phi) is 12.5. The molecular weight excluding hydrogens is 1010 g/mol. The fourth-order valence-electron chi connectivity index (χ4n) is 13.0. The zero-order valence-electron chi connectivity index (χ0n) is 45.4. The largest absolute Gasteiger partial charge is 0.312 e. The van der Waals surface area contributed by atoms with Crippen LogP contribution in [0.1, 0.15) is 53.8 Å². The van der Waals surface area contributed by atoms with Gasteiger partial charge < -0.3 is 9.13 Å². The second kappa shape index (κ2) is 20.9. The van der Waals surface area contributed by atoms with Crippen molar-refractivity contribution in [2.45, 2.75) is 51.7 Å². The van der Waals surface area contributed by atoms with Crippen molar-refractivity contribution in [2.75, 3.05) is 0 Å². The normalized spacial score (nSPS) is 13.6. The van der Waals surface area contributed by atoms with Crippen LogP contribution >= 0.6 is 10.0 Å². The van der Waals surface area contributed by atoms with Crippen LogP contribution < -0.4 is 0 Å². The molecule has 0 atom stereocenters. The standard InChI is InChI=1S/C79H56N2S/c1-8-27-56(28-9-1)60-35-26-40-65(51-60)82(63-36-16-5-17-37-63,64-38-18-6-19-39-64)66-54-70(58-31-12-3-13-32-58)79(71(55-66)59-33-14-4-15-34-59)81-76-46-25-23-43-69(76)73-53-62(48-50-78(73)81)61-47-49-77-72(52-61)68-42-20-7-21-44-75(68)80(77)74-45-24-22-41-67(74)57-29-10-2-11-30-57/h1-6,8-10,12-14,16-20,22-24,26-29,31-33,35-43,45,47-55H,7,11,25,30,46H2. The van der Waals surface area contributed by atoms with E-state index in [1.54, 1.807) is 0 Å². The Balaban J connectivity index is 0.974. The highest BCUT2D eigenvalue weighted by Crippen LogP contribution is 2.74. The van der Waals surface area contributed by atoms with E-state index in [0.717, 1.165) is 71.3 Å². The summed E-state index contributed by atoms with van der Waals surface area (Å²) in [4.78, 5) is 5.04. The number of para-hydroxylation sites is 1. The summed E-state index contributed by atoms with van der Waals surface area (Å²) in [5.41, 5.74) is 21.2. The van der Waals surface area contributed by atoms with Crippen LogP contribution in [-0.2, 0) is 6.42 Å². The van der Waals surface area contributed by atoms with E-state index in [0.29, 0.717) is 0 Å². The molecule has 0 amide bonds. The highest BCUT2D eigenvalue weighted by Gasteiger charge is 2.36. The number of nitrogens with zero attached hydrogens (tertiary/aromatic N) is 2. The molecular formula is C79H56N2S. The molecule has 3 aliphatic rings. The van der Waals surface area contributed by atoms with Gasteiger partial charge in [0.1, 0.15) is 5.69 Å². The summed E-state index contributed by atoms with van der Waals surface area (Å²) in [6, 6.07) is 95.2. The minimum atomic E-state index is -2.19. The average Bonchev–Trinajstić information content (AvgIpc) is 3.28. The van der Waals surface area contributed by atoms with Crippen molar-refractivity contribution in [2.24, 2.45) is 0 Å². The lowest BCUT2D eigenvalue weighted by atomic mass is 9.95. The van der Waals surface area contributed by atoms with E-state index in [9.17, 15) is 0 Å². The lowest BCUT2D eigenvalue weighted by molar-refractivity contribution is 0.889. The molecule has 0 saturated carbocycles. The molecule has 2 nitrogen and oxygen atoms in total. The molecule has 0 fully saturated rings.